The molecule has 0 bridgehead atoms. The van der Waals surface area contributed by atoms with E-state index in [0.717, 1.165) is 18.4 Å². The third-order valence-corrected chi connectivity index (χ3v) is 4.14. The maximum absolute atomic E-state index is 9.26. The van der Waals surface area contributed by atoms with Crippen molar-refractivity contribution in [1.82, 2.24) is 9.88 Å². The minimum Gasteiger partial charge on any atom is -0.392 e. The summed E-state index contributed by atoms with van der Waals surface area (Å²) in [5, 5.41) is 10.6. The smallest absolute Gasteiger partial charge is 0.0682 e. The van der Waals surface area contributed by atoms with Crippen LogP contribution in [0.25, 0.3) is 10.9 Å². The van der Waals surface area contributed by atoms with Gasteiger partial charge in [0.25, 0.3) is 0 Å². The molecule has 1 heterocycles. The number of hydrogen-bond acceptors (Lipinski definition) is 2. The molecule has 2 aromatic rings. The number of benzene rings is 1. The maximum Gasteiger partial charge on any atom is 0.0682 e. The Labute approximate surface area is 107 Å². The molecule has 3 rings (SSSR count). The first-order valence-electron chi connectivity index (χ1n) is 6.58. The van der Waals surface area contributed by atoms with Crippen LogP contribution >= 0.6 is 0 Å². The summed E-state index contributed by atoms with van der Waals surface area (Å²) in [6.07, 6.45) is 3.46. The van der Waals surface area contributed by atoms with Crippen LogP contribution < -0.4 is 0 Å². The second-order valence-electron chi connectivity index (χ2n) is 5.48. The lowest BCUT2D eigenvalue weighted by molar-refractivity contribution is 0.268. The standard InChI is InChI=1S/C15H20N2O/c1-17(2)11-4-6-15-13(8-11)12-7-10(9-18)3-5-14(12)16-15/h3,5,7,11,16,18H,4,6,8-9H2,1-2H3. The van der Waals surface area contributed by atoms with Gasteiger partial charge >= 0.3 is 0 Å². The van der Waals surface area contributed by atoms with Crippen LogP contribution in [0.4, 0.5) is 0 Å². The predicted molar refractivity (Wildman–Crippen MR) is 73.7 cm³/mol. The molecule has 0 saturated carbocycles. The van der Waals surface area contributed by atoms with E-state index >= 15 is 0 Å². The number of aryl methyl sites for hydroxylation is 1. The molecular formula is C15H20N2O. The van der Waals surface area contributed by atoms with Crippen LogP contribution in [0.5, 0.6) is 0 Å². The number of aromatic amines is 1. The van der Waals surface area contributed by atoms with Crippen LogP contribution in [-0.2, 0) is 19.4 Å². The summed E-state index contributed by atoms with van der Waals surface area (Å²) in [7, 11) is 4.31. The fourth-order valence-electron chi connectivity index (χ4n) is 2.98. The number of likely N-dealkylation sites (N-methyl/N-ethyl adjacent to an activating group) is 1. The van der Waals surface area contributed by atoms with Gasteiger partial charge in [-0.05, 0) is 56.6 Å². The van der Waals surface area contributed by atoms with E-state index in [2.05, 4.69) is 36.1 Å². The molecule has 1 unspecified atom stereocenters. The Bertz CT molecular complexity index is 571. The van der Waals surface area contributed by atoms with Crippen molar-refractivity contribution in [3.8, 4) is 0 Å². The van der Waals surface area contributed by atoms with Gasteiger partial charge in [0, 0.05) is 22.6 Å². The quantitative estimate of drug-likeness (QED) is 0.849. The first-order chi connectivity index (χ1) is 8.69. The van der Waals surface area contributed by atoms with Crippen molar-refractivity contribution in [3.05, 3.63) is 35.0 Å². The Hall–Kier alpha value is -1.32. The van der Waals surface area contributed by atoms with E-state index in [1.165, 1.54) is 28.6 Å². The number of rotatable bonds is 2. The average Bonchev–Trinajstić information content (AvgIpc) is 2.75. The molecule has 2 N–H and O–H groups in total. The van der Waals surface area contributed by atoms with Crippen molar-refractivity contribution in [2.24, 2.45) is 0 Å². The highest BCUT2D eigenvalue weighted by Gasteiger charge is 2.23. The second-order valence-corrected chi connectivity index (χ2v) is 5.48. The number of fused-ring (bicyclic) bond motifs is 3. The molecule has 0 spiro atoms. The zero-order chi connectivity index (χ0) is 12.7. The monoisotopic (exact) mass is 244 g/mol. The van der Waals surface area contributed by atoms with Crippen LogP contribution in [-0.4, -0.2) is 35.1 Å². The summed E-state index contributed by atoms with van der Waals surface area (Å²) in [5.41, 5.74) is 5.04. The van der Waals surface area contributed by atoms with Crippen molar-refractivity contribution in [2.75, 3.05) is 14.1 Å². The highest BCUT2D eigenvalue weighted by atomic mass is 16.3. The van der Waals surface area contributed by atoms with Gasteiger partial charge in [0.15, 0.2) is 0 Å². The number of hydrogen-bond donors (Lipinski definition) is 2. The van der Waals surface area contributed by atoms with E-state index in [0.29, 0.717) is 6.04 Å². The van der Waals surface area contributed by atoms with Crippen LogP contribution in [0.2, 0.25) is 0 Å². The number of aromatic nitrogens is 1. The molecule has 1 aromatic carbocycles. The van der Waals surface area contributed by atoms with Gasteiger partial charge in [-0.2, -0.15) is 0 Å². The lowest BCUT2D eigenvalue weighted by atomic mass is 9.90. The van der Waals surface area contributed by atoms with Gasteiger partial charge in [0.2, 0.25) is 0 Å². The number of aliphatic hydroxyl groups excluding tert-OH is 1. The lowest BCUT2D eigenvalue weighted by Gasteiger charge is -2.28. The van der Waals surface area contributed by atoms with Crippen LogP contribution in [0.1, 0.15) is 23.2 Å². The molecule has 0 aliphatic heterocycles. The summed E-state index contributed by atoms with van der Waals surface area (Å²) < 4.78 is 0. The molecule has 1 aliphatic rings. The highest BCUT2D eigenvalue weighted by Crippen LogP contribution is 2.31. The summed E-state index contributed by atoms with van der Waals surface area (Å²) in [6.45, 7) is 0.118. The van der Waals surface area contributed by atoms with E-state index in [1.54, 1.807) is 0 Å². The van der Waals surface area contributed by atoms with E-state index in [1.807, 2.05) is 6.07 Å². The summed E-state index contributed by atoms with van der Waals surface area (Å²) in [5.74, 6) is 0. The Morgan fingerprint density at radius 1 is 1.39 bits per heavy atom. The van der Waals surface area contributed by atoms with Crippen molar-refractivity contribution < 1.29 is 5.11 Å². The summed E-state index contributed by atoms with van der Waals surface area (Å²) in [6, 6.07) is 6.84. The first kappa shape index (κ1) is 11.8. The Kier molecular flexibility index (Phi) is 2.88. The summed E-state index contributed by atoms with van der Waals surface area (Å²) >= 11 is 0. The van der Waals surface area contributed by atoms with Gasteiger partial charge in [0.05, 0.1) is 6.61 Å². The minimum atomic E-state index is 0.118. The number of nitrogens with one attached hydrogen (secondary N) is 1. The number of aliphatic hydroxyl groups is 1. The van der Waals surface area contributed by atoms with Gasteiger partial charge in [-0.25, -0.2) is 0 Å². The first-order valence-corrected chi connectivity index (χ1v) is 6.58. The van der Waals surface area contributed by atoms with E-state index in [9.17, 15) is 5.11 Å². The second kappa shape index (κ2) is 4.41. The fourth-order valence-corrected chi connectivity index (χ4v) is 2.98. The summed E-state index contributed by atoms with van der Waals surface area (Å²) in [4.78, 5) is 5.84. The molecule has 18 heavy (non-hydrogen) atoms. The third-order valence-electron chi connectivity index (χ3n) is 4.14. The Morgan fingerprint density at radius 3 is 2.94 bits per heavy atom. The molecule has 0 fully saturated rings. The molecule has 1 aromatic heterocycles. The number of nitrogens with zero attached hydrogens (tertiary/aromatic N) is 1. The van der Waals surface area contributed by atoms with Crippen molar-refractivity contribution in [2.45, 2.75) is 31.9 Å². The predicted octanol–water partition coefficient (Wildman–Crippen LogP) is 2.08. The minimum absolute atomic E-state index is 0.118. The van der Waals surface area contributed by atoms with Crippen molar-refractivity contribution in [3.63, 3.8) is 0 Å². The SMILES string of the molecule is CN(C)C1CCc2[nH]c3ccc(CO)cc3c2C1. The van der Waals surface area contributed by atoms with Crippen LogP contribution in [0.3, 0.4) is 0 Å². The molecule has 96 valence electrons. The molecule has 0 saturated heterocycles. The van der Waals surface area contributed by atoms with Crippen LogP contribution in [0.15, 0.2) is 18.2 Å². The van der Waals surface area contributed by atoms with Gasteiger partial charge in [0.1, 0.15) is 0 Å². The van der Waals surface area contributed by atoms with Gasteiger partial charge in [-0.1, -0.05) is 6.07 Å². The Balaban J connectivity index is 2.08. The molecule has 0 radical (unpaired) electrons. The van der Waals surface area contributed by atoms with Crippen LogP contribution in [0, 0.1) is 0 Å². The van der Waals surface area contributed by atoms with Crippen molar-refractivity contribution >= 4 is 10.9 Å². The maximum atomic E-state index is 9.26. The zero-order valence-corrected chi connectivity index (χ0v) is 11.0. The molecule has 1 atom stereocenters. The molecule has 3 nitrogen and oxygen atoms in total. The van der Waals surface area contributed by atoms with E-state index < -0.39 is 0 Å². The molecule has 0 amide bonds. The number of H-pyrrole nitrogens is 1. The normalized spacial score (nSPS) is 19.4. The van der Waals surface area contributed by atoms with E-state index in [4.69, 9.17) is 0 Å². The fraction of sp³-hybridized carbons (Fsp3) is 0.467. The average molecular weight is 244 g/mol. The molecular weight excluding hydrogens is 224 g/mol. The van der Waals surface area contributed by atoms with Crippen molar-refractivity contribution in [1.29, 1.82) is 0 Å². The van der Waals surface area contributed by atoms with E-state index in [-0.39, 0.29) is 6.61 Å². The highest BCUT2D eigenvalue weighted by molar-refractivity contribution is 5.85. The zero-order valence-electron chi connectivity index (χ0n) is 11.0. The molecule has 1 aliphatic carbocycles. The van der Waals surface area contributed by atoms with Gasteiger partial charge < -0.3 is 15.0 Å². The van der Waals surface area contributed by atoms with Gasteiger partial charge in [-0.3, -0.25) is 0 Å². The lowest BCUT2D eigenvalue weighted by Crippen LogP contribution is -2.33. The third kappa shape index (κ3) is 1.84. The van der Waals surface area contributed by atoms with Gasteiger partial charge in [-0.15, -0.1) is 0 Å². The topological polar surface area (TPSA) is 39.3 Å². The Morgan fingerprint density at radius 2 is 2.22 bits per heavy atom. The molecule has 3 heteroatoms. The largest absolute Gasteiger partial charge is 0.392 e.